The summed E-state index contributed by atoms with van der Waals surface area (Å²) >= 11 is 0. The third kappa shape index (κ3) is 1.93. The van der Waals surface area contributed by atoms with Crippen LogP contribution in [-0.2, 0) is 10.3 Å². The van der Waals surface area contributed by atoms with E-state index in [2.05, 4.69) is 5.32 Å². The molecule has 2 aromatic rings. The van der Waals surface area contributed by atoms with Crippen LogP contribution in [0, 0.1) is 11.3 Å². The number of hydrogen-bond donors (Lipinski definition) is 1. The number of imide groups is 1. The number of hydrogen-bond acceptors (Lipinski definition) is 3. The van der Waals surface area contributed by atoms with E-state index in [0.29, 0.717) is 5.56 Å². The third-order valence-corrected chi connectivity index (χ3v) is 3.83. The zero-order valence-electron chi connectivity index (χ0n) is 11.5. The van der Waals surface area contributed by atoms with E-state index in [-0.39, 0.29) is 6.54 Å². The maximum atomic E-state index is 12.5. The van der Waals surface area contributed by atoms with Gasteiger partial charge in [-0.25, -0.2) is 9.69 Å². The van der Waals surface area contributed by atoms with Crippen molar-refractivity contribution in [1.82, 2.24) is 10.2 Å². The summed E-state index contributed by atoms with van der Waals surface area (Å²) in [6, 6.07) is 14.8. The largest absolute Gasteiger partial charge is 0.326 e. The number of urea groups is 1. The molecule has 1 atom stereocenters. The Hall–Kier alpha value is -2.87. The van der Waals surface area contributed by atoms with Crippen LogP contribution in [0.4, 0.5) is 4.79 Å². The Morgan fingerprint density at radius 1 is 1.19 bits per heavy atom. The first-order chi connectivity index (χ1) is 10.1. The molecule has 0 aliphatic carbocycles. The Kier molecular flexibility index (Phi) is 2.88. The van der Waals surface area contributed by atoms with Gasteiger partial charge in [-0.2, -0.15) is 5.26 Å². The molecule has 104 valence electrons. The van der Waals surface area contributed by atoms with Crippen molar-refractivity contribution >= 4 is 22.7 Å². The second-order valence-electron chi connectivity index (χ2n) is 5.17. The van der Waals surface area contributed by atoms with Gasteiger partial charge in [0.1, 0.15) is 12.1 Å². The highest BCUT2D eigenvalue weighted by Crippen LogP contribution is 2.30. The molecule has 0 radical (unpaired) electrons. The topological polar surface area (TPSA) is 73.2 Å². The summed E-state index contributed by atoms with van der Waals surface area (Å²) in [5.74, 6) is -0.399. The van der Waals surface area contributed by atoms with E-state index in [1.165, 1.54) is 0 Å². The van der Waals surface area contributed by atoms with Crippen LogP contribution in [0.5, 0.6) is 0 Å². The average molecular weight is 279 g/mol. The fourth-order valence-corrected chi connectivity index (χ4v) is 2.61. The van der Waals surface area contributed by atoms with Crippen LogP contribution in [-0.4, -0.2) is 23.4 Å². The standard InChI is InChI=1S/C16H13N3O2/c1-16(14(20)19(9-8-17)15(21)18-16)13-7-6-11-4-2-3-5-12(11)10-13/h2-7,10H,9H2,1H3,(H,18,21)/t16-/m1/s1. The van der Waals surface area contributed by atoms with Gasteiger partial charge in [-0.15, -0.1) is 0 Å². The first kappa shape index (κ1) is 13.1. The molecule has 1 heterocycles. The number of amides is 3. The number of nitrogens with one attached hydrogen (secondary N) is 1. The van der Waals surface area contributed by atoms with Crippen molar-refractivity contribution in [3.05, 3.63) is 48.0 Å². The Morgan fingerprint density at radius 2 is 1.90 bits per heavy atom. The molecule has 2 aromatic carbocycles. The fourth-order valence-electron chi connectivity index (χ4n) is 2.61. The summed E-state index contributed by atoms with van der Waals surface area (Å²) in [5.41, 5.74) is -0.419. The second-order valence-corrected chi connectivity index (χ2v) is 5.17. The van der Waals surface area contributed by atoms with Crippen molar-refractivity contribution in [2.75, 3.05) is 6.54 Å². The Balaban J connectivity index is 2.07. The molecule has 1 aliphatic rings. The molecule has 0 bridgehead atoms. The highest BCUT2D eigenvalue weighted by molar-refractivity contribution is 6.07. The molecule has 1 saturated heterocycles. The quantitative estimate of drug-likeness (QED) is 0.676. The minimum Gasteiger partial charge on any atom is -0.319 e. The van der Waals surface area contributed by atoms with E-state index in [1.807, 2.05) is 48.5 Å². The molecule has 0 saturated carbocycles. The third-order valence-electron chi connectivity index (χ3n) is 3.83. The monoisotopic (exact) mass is 279 g/mol. The van der Waals surface area contributed by atoms with Gasteiger partial charge in [0.15, 0.2) is 0 Å². The maximum Gasteiger partial charge on any atom is 0.326 e. The lowest BCUT2D eigenvalue weighted by atomic mass is 9.90. The number of fused-ring (bicyclic) bond motifs is 1. The molecule has 1 N–H and O–H groups in total. The predicted octanol–water partition coefficient (Wildman–Crippen LogP) is 2.13. The van der Waals surface area contributed by atoms with Crippen LogP contribution in [0.25, 0.3) is 10.8 Å². The first-order valence-electron chi connectivity index (χ1n) is 6.56. The molecular weight excluding hydrogens is 266 g/mol. The molecule has 0 aromatic heterocycles. The van der Waals surface area contributed by atoms with Crippen LogP contribution >= 0.6 is 0 Å². The fraction of sp³-hybridized carbons (Fsp3) is 0.188. The Morgan fingerprint density at radius 3 is 2.62 bits per heavy atom. The van der Waals surface area contributed by atoms with Gasteiger partial charge >= 0.3 is 6.03 Å². The molecule has 1 fully saturated rings. The SMILES string of the molecule is C[C@]1(c2ccc3ccccc3c2)NC(=O)N(CC#N)C1=O. The number of nitrogens with zero attached hydrogens (tertiary/aromatic N) is 2. The molecule has 3 rings (SSSR count). The van der Waals surface area contributed by atoms with Crippen LogP contribution in [0.3, 0.4) is 0 Å². The molecule has 5 nitrogen and oxygen atoms in total. The van der Waals surface area contributed by atoms with E-state index in [0.717, 1.165) is 15.7 Å². The predicted molar refractivity (Wildman–Crippen MR) is 77.2 cm³/mol. The molecule has 0 spiro atoms. The first-order valence-corrected chi connectivity index (χ1v) is 6.56. The van der Waals surface area contributed by atoms with Crippen LogP contribution in [0.2, 0.25) is 0 Å². The molecule has 3 amide bonds. The molecule has 5 heteroatoms. The van der Waals surface area contributed by atoms with Gasteiger partial charge in [0.2, 0.25) is 0 Å². The zero-order valence-corrected chi connectivity index (χ0v) is 11.5. The van der Waals surface area contributed by atoms with Gasteiger partial charge in [0.05, 0.1) is 6.07 Å². The summed E-state index contributed by atoms with van der Waals surface area (Å²) in [4.78, 5) is 25.3. The Bertz CT molecular complexity index is 793. The zero-order chi connectivity index (χ0) is 15.0. The highest BCUT2D eigenvalue weighted by Gasteiger charge is 2.48. The van der Waals surface area contributed by atoms with E-state index >= 15 is 0 Å². The molecule has 1 aliphatic heterocycles. The van der Waals surface area contributed by atoms with Gasteiger partial charge in [-0.1, -0.05) is 36.4 Å². The summed E-state index contributed by atoms with van der Waals surface area (Å²) in [6.45, 7) is 1.42. The van der Waals surface area contributed by atoms with E-state index in [1.54, 1.807) is 6.92 Å². The summed E-state index contributed by atoms with van der Waals surface area (Å²) in [6.07, 6.45) is 0. The number of nitriles is 1. The highest BCUT2D eigenvalue weighted by atomic mass is 16.2. The minimum atomic E-state index is -1.13. The van der Waals surface area contributed by atoms with Gasteiger partial charge < -0.3 is 5.32 Å². The van der Waals surface area contributed by atoms with Crippen molar-refractivity contribution in [1.29, 1.82) is 5.26 Å². The summed E-state index contributed by atoms with van der Waals surface area (Å²) < 4.78 is 0. The smallest absolute Gasteiger partial charge is 0.319 e. The maximum absolute atomic E-state index is 12.5. The Labute approximate surface area is 121 Å². The lowest BCUT2D eigenvalue weighted by molar-refractivity contribution is -0.130. The minimum absolute atomic E-state index is 0.242. The normalized spacial score (nSPS) is 21.4. The van der Waals surface area contributed by atoms with Crippen LogP contribution in [0.1, 0.15) is 12.5 Å². The summed E-state index contributed by atoms with van der Waals surface area (Å²) in [7, 11) is 0. The number of carbonyl (C=O) groups excluding carboxylic acids is 2. The average Bonchev–Trinajstić information content (AvgIpc) is 2.71. The van der Waals surface area contributed by atoms with Crippen molar-refractivity contribution in [3.8, 4) is 6.07 Å². The van der Waals surface area contributed by atoms with E-state index < -0.39 is 17.5 Å². The van der Waals surface area contributed by atoms with Crippen molar-refractivity contribution in [2.24, 2.45) is 0 Å². The van der Waals surface area contributed by atoms with Crippen molar-refractivity contribution in [2.45, 2.75) is 12.5 Å². The van der Waals surface area contributed by atoms with Gasteiger partial charge in [0, 0.05) is 0 Å². The lowest BCUT2D eigenvalue weighted by Crippen LogP contribution is -2.40. The molecule has 0 unspecified atom stereocenters. The molecular formula is C16H13N3O2. The van der Waals surface area contributed by atoms with Crippen molar-refractivity contribution < 1.29 is 9.59 Å². The van der Waals surface area contributed by atoms with E-state index in [9.17, 15) is 9.59 Å². The number of benzene rings is 2. The number of carbonyl (C=O) groups is 2. The van der Waals surface area contributed by atoms with Crippen LogP contribution < -0.4 is 5.32 Å². The van der Waals surface area contributed by atoms with Gasteiger partial charge in [0.25, 0.3) is 5.91 Å². The molecule has 21 heavy (non-hydrogen) atoms. The van der Waals surface area contributed by atoms with Gasteiger partial charge in [-0.05, 0) is 29.3 Å². The number of rotatable bonds is 2. The second kappa shape index (κ2) is 4.60. The van der Waals surface area contributed by atoms with Crippen molar-refractivity contribution in [3.63, 3.8) is 0 Å². The summed E-state index contributed by atoms with van der Waals surface area (Å²) in [5, 5.41) is 13.5. The van der Waals surface area contributed by atoms with E-state index in [4.69, 9.17) is 5.26 Å². The van der Waals surface area contributed by atoms with Crippen LogP contribution in [0.15, 0.2) is 42.5 Å². The lowest BCUT2D eigenvalue weighted by Gasteiger charge is -2.22. The van der Waals surface area contributed by atoms with Gasteiger partial charge in [-0.3, -0.25) is 4.79 Å².